The van der Waals surface area contributed by atoms with Gasteiger partial charge in [-0.25, -0.2) is 0 Å². The summed E-state index contributed by atoms with van der Waals surface area (Å²) < 4.78 is 7.94. The fourth-order valence-corrected chi connectivity index (χ4v) is 4.33. The minimum absolute atomic E-state index is 0.0799. The van der Waals surface area contributed by atoms with Gasteiger partial charge in [-0.1, -0.05) is 30.3 Å². The number of fused-ring (bicyclic) bond motifs is 1. The molecule has 5 nitrogen and oxygen atoms in total. The van der Waals surface area contributed by atoms with Crippen LogP contribution >= 0.6 is 0 Å². The Morgan fingerprint density at radius 1 is 1.10 bits per heavy atom. The minimum atomic E-state index is -0.0799. The van der Waals surface area contributed by atoms with E-state index in [0.717, 1.165) is 23.9 Å². The Labute approximate surface area is 172 Å². The smallest absolute Gasteiger partial charge is 0.255 e. The van der Waals surface area contributed by atoms with Crippen molar-refractivity contribution in [2.75, 3.05) is 26.2 Å². The van der Waals surface area contributed by atoms with Gasteiger partial charge in [0, 0.05) is 25.5 Å². The third kappa shape index (κ3) is 4.01. The molecule has 4 rings (SSSR count). The van der Waals surface area contributed by atoms with Gasteiger partial charge in [-0.15, -0.1) is 0 Å². The monoisotopic (exact) mass is 391 g/mol. The molecule has 0 aliphatic carbocycles. The second-order valence-electron chi connectivity index (χ2n) is 7.61. The van der Waals surface area contributed by atoms with Crippen LogP contribution in [0.25, 0.3) is 10.8 Å². The highest BCUT2D eigenvalue weighted by molar-refractivity contribution is 6.09. The highest BCUT2D eigenvalue weighted by Gasteiger charge is 2.26. The van der Waals surface area contributed by atoms with Crippen LogP contribution in [0.4, 0.5) is 0 Å². The molecule has 2 aromatic carbocycles. The molecule has 0 unspecified atom stereocenters. The molecule has 1 amide bonds. The van der Waals surface area contributed by atoms with Gasteiger partial charge in [-0.05, 0) is 61.8 Å². The van der Waals surface area contributed by atoms with Crippen molar-refractivity contribution in [2.45, 2.75) is 25.8 Å². The molecule has 1 atom stereocenters. The molecule has 0 radical (unpaired) electrons. The number of aromatic nitrogens is 1. The molecule has 1 N–H and O–H groups in total. The zero-order valence-corrected chi connectivity index (χ0v) is 17.2. The molecular weight excluding hydrogens is 362 g/mol. The summed E-state index contributed by atoms with van der Waals surface area (Å²) in [7, 11) is 2.07. The highest BCUT2D eigenvalue weighted by atomic mass is 16.5. The van der Waals surface area contributed by atoms with E-state index < -0.39 is 0 Å². The number of nitrogens with one attached hydrogen (secondary N) is 1. The van der Waals surface area contributed by atoms with E-state index in [0.29, 0.717) is 24.5 Å². The third-order valence-corrected chi connectivity index (χ3v) is 5.78. The summed E-state index contributed by atoms with van der Waals surface area (Å²) in [5, 5.41) is 5.17. The average Bonchev–Trinajstić information content (AvgIpc) is 3.41. The maximum Gasteiger partial charge on any atom is 0.255 e. The van der Waals surface area contributed by atoms with Crippen LogP contribution in [-0.2, 0) is 7.05 Å². The summed E-state index contributed by atoms with van der Waals surface area (Å²) in [5.74, 6) is 0.559. The molecule has 0 bridgehead atoms. The van der Waals surface area contributed by atoms with Crippen LogP contribution in [-0.4, -0.2) is 41.6 Å². The molecule has 1 aliphatic heterocycles. The van der Waals surface area contributed by atoms with Crippen LogP contribution in [0.5, 0.6) is 5.75 Å². The predicted molar refractivity (Wildman–Crippen MR) is 116 cm³/mol. The number of carbonyl (C=O) groups excluding carboxylic acids is 1. The Morgan fingerprint density at radius 3 is 2.62 bits per heavy atom. The Bertz CT molecular complexity index is 989. The van der Waals surface area contributed by atoms with E-state index in [9.17, 15) is 4.79 Å². The van der Waals surface area contributed by atoms with Crippen molar-refractivity contribution in [2.24, 2.45) is 7.05 Å². The molecule has 1 saturated heterocycles. The van der Waals surface area contributed by atoms with Gasteiger partial charge in [-0.3, -0.25) is 9.69 Å². The van der Waals surface area contributed by atoms with Gasteiger partial charge >= 0.3 is 0 Å². The largest absolute Gasteiger partial charge is 0.493 e. The summed E-state index contributed by atoms with van der Waals surface area (Å²) >= 11 is 0. The molecule has 152 valence electrons. The molecule has 1 aliphatic rings. The summed E-state index contributed by atoms with van der Waals surface area (Å²) in [6, 6.07) is 16.3. The van der Waals surface area contributed by atoms with E-state index in [1.165, 1.54) is 18.5 Å². The Hall–Kier alpha value is -2.79. The van der Waals surface area contributed by atoms with Crippen LogP contribution in [0.1, 0.15) is 41.9 Å². The van der Waals surface area contributed by atoms with E-state index in [1.807, 2.05) is 43.3 Å². The molecule has 3 aromatic rings. The number of aryl methyl sites for hydroxylation is 1. The van der Waals surface area contributed by atoms with Crippen molar-refractivity contribution in [3.8, 4) is 5.75 Å². The number of carbonyl (C=O) groups is 1. The summed E-state index contributed by atoms with van der Waals surface area (Å²) in [5.41, 5.74) is 1.85. The lowest BCUT2D eigenvalue weighted by atomic mass is 10.0. The molecule has 0 saturated carbocycles. The summed E-state index contributed by atoms with van der Waals surface area (Å²) in [6.45, 7) is 5.19. The molecule has 29 heavy (non-hydrogen) atoms. The van der Waals surface area contributed by atoms with Crippen molar-refractivity contribution in [3.63, 3.8) is 0 Å². The van der Waals surface area contributed by atoms with E-state index in [2.05, 4.69) is 40.2 Å². The van der Waals surface area contributed by atoms with Gasteiger partial charge in [0.15, 0.2) is 0 Å². The normalized spacial score (nSPS) is 15.5. The average molecular weight is 392 g/mol. The first-order valence-electron chi connectivity index (χ1n) is 10.5. The van der Waals surface area contributed by atoms with Crippen molar-refractivity contribution in [1.82, 2.24) is 14.8 Å². The SMILES string of the molecule is CCOc1ccc2ccccc2c1C(=O)NC[C@@H](c1cccn1C)N1CCCC1. The molecule has 5 heteroatoms. The van der Waals surface area contributed by atoms with Crippen LogP contribution in [0, 0.1) is 0 Å². The lowest BCUT2D eigenvalue weighted by molar-refractivity contribution is 0.0934. The van der Waals surface area contributed by atoms with Crippen molar-refractivity contribution in [3.05, 3.63) is 66.0 Å². The summed E-state index contributed by atoms with van der Waals surface area (Å²) in [4.78, 5) is 15.8. The molecule has 1 fully saturated rings. The lowest BCUT2D eigenvalue weighted by Crippen LogP contribution is -2.37. The predicted octanol–water partition coefficient (Wildman–Crippen LogP) is 4.14. The zero-order chi connectivity index (χ0) is 20.2. The number of hydrogen-bond donors (Lipinski definition) is 1. The van der Waals surface area contributed by atoms with Gasteiger partial charge in [0.2, 0.25) is 0 Å². The second-order valence-corrected chi connectivity index (χ2v) is 7.61. The Morgan fingerprint density at radius 2 is 1.90 bits per heavy atom. The van der Waals surface area contributed by atoms with E-state index >= 15 is 0 Å². The maximum atomic E-state index is 13.3. The van der Waals surface area contributed by atoms with Crippen LogP contribution in [0.2, 0.25) is 0 Å². The quantitative estimate of drug-likeness (QED) is 0.658. The topological polar surface area (TPSA) is 46.5 Å². The number of ether oxygens (including phenoxy) is 1. The van der Waals surface area contributed by atoms with Crippen molar-refractivity contribution >= 4 is 16.7 Å². The number of benzene rings is 2. The fraction of sp³-hybridized carbons (Fsp3) is 0.375. The molecule has 1 aromatic heterocycles. The number of rotatable bonds is 7. The van der Waals surface area contributed by atoms with Gasteiger partial charge in [0.1, 0.15) is 5.75 Å². The first kappa shape index (κ1) is 19.5. The van der Waals surface area contributed by atoms with Gasteiger partial charge in [0.05, 0.1) is 18.2 Å². The van der Waals surface area contributed by atoms with Crippen molar-refractivity contribution in [1.29, 1.82) is 0 Å². The van der Waals surface area contributed by atoms with Crippen LogP contribution in [0.15, 0.2) is 54.7 Å². The van der Waals surface area contributed by atoms with Gasteiger partial charge in [0.25, 0.3) is 5.91 Å². The number of likely N-dealkylation sites (tertiary alicyclic amines) is 1. The number of hydrogen-bond acceptors (Lipinski definition) is 3. The first-order valence-corrected chi connectivity index (χ1v) is 10.5. The standard InChI is InChI=1S/C24H29N3O2/c1-3-29-22-13-12-18-9-4-5-10-19(18)23(22)24(28)25-17-21(27-15-6-7-16-27)20-11-8-14-26(20)2/h4-5,8-14,21H,3,6-7,15-17H2,1-2H3,(H,25,28)/t21-/m0/s1. The van der Waals surface area contributed by atoms with Crippen molar-refractivity contribution < 1.29 is 9.53 Å². The second kappa shape index (κ2) is 8.70. The highest BCUT2D eigenvalue weighted by Crippen LogP contribution is 2.29. The summed E-state index contributed by atoms with van der Waals surface area (Å²) in [6.07, 6.45) is 4.50. The Balaban J connectivity index is 1.61. The third-order valence-electron chi connectivity index (χ3n) is 5.78. The molecular formula is C24H29N3O2. The number of nitrogens with zero attached hydrogens (tertiary/aromatic N) is 2. The van der Waals surface area contributed by atoms with Crippen LogP contribution in [0.3, 0.4) is 0 Å². The first-order chi connectivity index (χ1) is 14.2. The maximum absolute atomic E-state index is 13.3. The van der Waals surface area contributed by atoms with Gasteiger partial charge < -0.3 is 14.6 Å². The molecule has 0 spiro atoms. The van der Waals surface area contributed by atoms with E-state index in [1.54, 1.807) is 0 Å². The lowest BCUT2D eigenvalue weighted by Gasteiger charge is -2.28. The molecule has 2 heterocycles. The van der Waals surface area contributed by atoms with Crippen LogP contribution < -0.4 is 10.1 Å². The van der Waals surface area contributed by atoms with E-state index in [-0.39, 0.29) is 11.9 Å². The fourth-order valence-electron chi connectivity index (χ4n) is 4.33. The van der Waals surface area contributed by atoms with E-state index in [4.69, 9.17) is 4.74 Å². The van der Waals surface area contributed by atoms with Gasteiger partial charge in [-0.2, -0.15) is 0 Å². The Kier molecular flexibility index (Phi) is 5.86. The minimum Gasteiger partial charge on any atom is -0.493 e. The zero-order valence-electron chi connectivity index (χ0n) is 17.2. The number of amides is 1.